The van der Waals surface area contributed by atoms with E-state index in [0.29, 0.717) is 27.8 Å². The number of carbonyl (C=O) groups is 1. The molecule has 4 aromatic rings. The van der Waals surface area contributed by atoms with Crippen molar-refractivity contribution >= 4 is 22.6 Å². The summed E-state index contributed by atoms with van der Waals surface area (Å²) < 4.78 is 6.78. The number of hydrogen-bond acceptors (Lipinski definition) is 5. The van der Waals surface area contributed by atoms with Gasteiger partial charge in [0, 0.05) is 17.0 Å². The molecule has 0 radical (unpaired) electrons. The Morgan fingerprint density at radius 1 is 1.11 bits per heavy atom. The van der Waals surface area contributed by atoms with Crippen LogP contribution in [0.3, 0.4) is 0 Å². The van der Waals surface area contributed by atoms with Crippen LogP contribution in [0.4, 0.5) is 5.95 Å². The van der Waals surface area contributed by atoms with Crippen molar-refractivity contribution in [2.75, 3.05) is 12.4 Å². The Bertz CT molecular complexity index is 1180. The summed E-state index contributed by atoms with van der Waals surface area (Å²) in [4.78, 5) is 29.8. The fraction of sp³-hybridized carbons (Fsp3) is 0.0526. The van der Waals surface area contributed by atoms with E-state index in [2.05, 4.69) is 20.5 Å². The first-order valence-corrected chi connectivity index (χ1v) is 8.13. The Kier molecular flexibility index (Phi) is 4.13. The molecule has 0 aliphatic rings. The lowest BCUT2D eigenvalue weighted by molar-refractivity contribution is 0.102. The number of ether oxygens (including phenoxy) is 1. The van der Waals surface area contributed by atoms with Gasteiger partial charge >= 0.3 is 0 Å². The second-order valence-corrected chi connectivity index (χ2v) is 5.72. The van der Waals surface area contributed by atoms with Gasteiger partial charge in [0.1, 0.15) is 12.1 Å². The molecular weight excluding hydrogens is 346 g/mol. The van der Waals surface area contributed by atoms with Crippen LogP contribution in [0.5, 0.6) is 5.75 Å². The third-order valence-corrected chi connectivity index (χ3v) is 4.16. The average Bonchev–Trinajstić information content (AvgIpc) is 3.21. The molecule has 2 N–H and O–H groups in total. The molecule has 0 bridgehead atoms. The standard InChI is InChI=1S/C19H15N5O3/c1-27-16-9-5-4-8-15(16)24-10-14(17(25)22-19-20-11-21-23-19)12-6-2-3-7-13(12)18(24)26/h2-11H,1H3,(H2,20,21,22,23,25). The number of pyridine rings is 1. The number of aromatic nitrogens is 4. The molecular formula is C19H15N5O3. The number of carbonyl (C=O) groups excluding carboxylic acids is 1. The molecule has 2 heterocycles. The van der Waals surface area contributed by atoms with Crippen molar-refractivity contribution in [3.8, 4) is 11.4 Å². The van der Waals surface area contributed by atoms with Gasteiger partial charge in [0.05, 0.1) is 18.4 Å². The maximum Gasteiger partial charge on any atom is 0.263 e. The normalized spacial score (nSPS) is 10.7. The fourth-order valence-corrected chi connectivity index (χ4v) is 2.92. The van der Waals surface area contributed by atoms with E-state index in [-0.39, 0.29) is 11.5 Å². The summed E-state index contributed by atoms with van der Waals surface area (Å²) in [5.74, 6) is 0.335. The van der Waals surface area contributed by atoms with Gasteiger partial charge in [-0.3, -0.25) is 19.5 Å². The molecule has 8 nitrogen and oxygen atoms in total. The van der Waals surface area contributed by atoms with E-state index in [4.69, 9.17) is 4.74 Å². The fourth-order valence-electron chi connectivity index (χ4n) is 2.92. The number of para-hydroxylation sites is 2. The number of hydrogen-bond donors (Lipinski definition) is 2. The maximum atomic E-state index is 13.0. The van der Waals surface area contributed by atoms with Gasteiger partial charge in [-0.25, -0.2) is 5.10 Å². The predicted molar refractivity (Wildman–Crippen MR) is 100 cm³/mol. The highest BCUT2D eigenvalue weighted by molar-refractivity contribution is 6.12. The number of rotatable bonds is 4. The van der Waals surface area contributed by atoms with Crippen LogP contribution < -0.4 is 15.6 Å². The lowest BCUT2D eigenvalue weighted by Crippen LogP contribution is -2.23. The van der Waals surface area contributed by atoms with Crippen LogP contribution in [-0.4, -0.2) is 32.8 Å². The van der Waals surface area contributed by atoms with Crippen LogP contribution in [0.2, 0.25) is 0 Å². The average molecular weight is 361 g/mol. The smallest absolute Gasteiger partial charge is 0.263 e. The topological polar surface area (TPSA) is 102 Å². The number of fused-ring (bicyclic) bond motifs is 1. The minimum absolute atomic E-state index is 0.221. The molecule has 0 atom stereocenters. The summed E-state index contributed by atoms with van der Waals surface area (Å²) in [6.45, 7) is 0. The van der Waals surface area contributed by atoms with Crippen molar-refractivity contribution in [2.24, 2.45) is 0 Å². The first-order valence-electron chi connectivity index (χ1n) is 8.13. The van der Waals surface area contributed by atoms with Crippen LogP contribution in [0.15, 0.2) is 65.8 Å². The summed E-state index contributed by atoms with van der Waals surface area (Å²) in [5.41, 5.74) is 0.628. The quantitative estimate of drug-likeness (QED) is 0.581. The van der Waals surface area contributed by atoms with E-state index in [1.807, 2.05) is 6.07 Å². The molecule has 8 heteroatoms. The zero-order valence-electron chi connectivity index (χ0n) is 14.3. The van der Waals surface area contributed by atoms with Gasteiger partial charge in [-0.05, 0) is 18.2 Å². The number of methoxy groups -OCH3 is 1. The molecule has 0 saturated carbocycles. The number of nitrogens with zero attached hydrogens (tertiary/aromatic N) is 3. The molecule has 0 unspecified atom stereocenters. The van der Waals surface area contributed by atoms with Gasteiger partial charge in [0.2, 0.25) is 5.95 Å². The molecule has 0 aliphatic heterocycles. The molecule has 2 aromatic heterocycles. The summed E-state index contributed by atoms with van der Waals surface area (Å²) in [6, 6.07) is 14.1. The Labute approximate surface area is 153 Å². The summed E-state index contributed by atoms with van der Waals surface area (Å²) >= 11 is 0. The zero-order valence-corrected chi connectivity index (χ0v) is 14.3. The molecule has 0 spiro atoms. The molecule has 27 heavy (non-hydrogen) atoms. The second-order valence-electron chi connectivity index (χ2n) is 5.72. The molecule has 0 aliphatic carbocycles. The number of nitrogens with one attached hydrogen (secondary N) is 2. The highest BCUT2D eigenvalue weighted by atomic mass is 16.5. The van der Waals surface area contributed by atoms with Crippen LogP contribution in [-0.2, 0) is 0 Å². The van der Waals surface area contributed by atoms with E-state index in [0.717, 1.165) is 0 Å². The molecule has 0 fully saturated rings. The summed E-state index contributed by atoms with van der Waals surface area (Å²) in [6.07, 6.45) is 2.80. The predicted octanol–water partition coefficient (Wildman–Crippen LogP) is 2.37. The Morgan fingerprint density at radius 3 is 2.59 bits per heavy atom. The van der Waals surface area contributed by atoms with Crippen molar-refractivity contribution < 1.29 is 9.53 Å². The van der Waals surface area contributed by atoms with Crippen LogP contribution in [0, 0.1) is 0 Å². The van der Waals surface area contributed by atoms with Crippen molar-refractivity contribution in [1.29, 1.82) is 0 Å². The first kappa shape index (κ1) is 16.5. The SMILES string of the molecule is COc1ccccc1-n1cc(C(=O)Nc2ncn[nH]2)c2ccccc2c1=O. The molecule has 4 rings (SSSR count). The second kappa shape index (κ2) is 6.75. The largest absolute Gasteiger partial charge is 0.495 e. The maximum absolute atomic E-state index is 13.0. The zero-order chi connectivity index (χ0) is 18.8. The molecule has 0 saturated heterocycles. The highest BCUT2D eigenvalue weighted by Gasteiger charge is 2.17. The third kappa shape index (κ3) is 2.93. The number of aromatic amines is 1. The number of anilines is 1. The number of amides is 1. The van der Waals surface area contributed by atoms with E-state index in [1.165, 1.54) is 24.2 Å². The highest BCUT2D eigenvalue weighted by Crippen LogP contribution is 2.24. The third-order valence-electron chi connectivity index (χ3n) is 4.16. The van der Waals surface area contributed by atoms with Gasteiger partial charge < -0.3 is 4.74 Å². The van der Waals surface area contributed by atoms with E-state index >= 15 is 0 Å². The number of H-pyrrole nitrogens is 1. The van der Waals surface area contributed by atoms with E-state index in [1.54, 1.807) is 42.5 Å². The minimum atomic E-state index is -0.411. The lowest BCUT2D eigenvalue weighted by Gasteiger charge is -2.14. The van der Waals surface area contributed by atoms with Gasteiger partial charge in [-0.15, -0.1) is 0 Å². The molecule has 134 valence electrons. The van der Waals surface area contributed by atoms with E-state index < -0.39 is 5.91 Å². The van der Waals surface area contributed by atoms with Crippen molar-refractivity contribution in [3.63, 3.8) is 0 Å². The number of benzene rings is 2. The van der Waals surface area contributed by atoms with Gasteiger partial charge in [-0.1, -0.05) is 30.3 Å². The molecule has 1 amide bonds. The van der Waals surface area contributed by atoms with Gasteiger partial charge in [-0.2, -0.15) is 10.1 Å². The lowest BCUT2D eigenvalue weighted by atomic mass is 10.1. The van der Waals surface area contributed by atoms with Gasteiger partial charge in [0.15, 0.2) is 0 Å². The van der Waals surface area contributed by atoms with Crippen molar-refractivity contribution in [3.05, 3.63) is 77.0 Å². The van der Waals surface area contributed by atoms with E-state index in [9.17, 15) is 9.59 Å². The van der Waals surface area contributed by atoms with Crippen molar-refractivity contribution in [1.82, 2.24) is 19.7 Å². The van der Waals surface area contributed by atoms with Crippen LogP contribution >= 0.6 is 0 Å². The monoisotopic (exact) mass is 361 g/mol. The minimum Gasteiger partial charge on any atom is -0.495 e. The van der Waals surface area contributed by atoms with Crippen molar-refractivity contribution in [2.45, 2.75) is 0 Å². The Morgan fingerprint density at radius 2 is 1.85 bits per heavy atom. The Hall–Kier alpha value is -3.94. The van der Waals surface area contributed by atoms with Crippen LogP contribution in [0.1, 0.15) is 10.4 Å². The molecule has 2 aromatic carbocycles. The van der Waals surface area contributed by atoms with Crippen LogP contribution in [0.25, 0.3) is 16.5 Å². The Balaban J connectivity index is 1.95. The summed E-state index contributed by atoms with van der Waals surface area (Å²) in [5, 5.41) is 9.90. The van der Waals surface area contributed by atoms with Gasteiger partial charge in [0.25, 0.3) is 11.5 Å². The first-order chi connectivity index (χ1) is 13.2. The summed E-state index contributed by atoms with van der Waals surface area (Å²) in [7, 11) is 1.53.